The van der Waals surface area contributed by atoms with Gasteiger partial charge in [0, 0.05) is 23.7 Å². The SMILES string of the molecule is CC(Nc1ccc(C(=O)CCC(=O)O)cc1)C1CCCC1. The second kappa shape index (κ2) is 7.25. The van der Waals surface area contributed by atoms with Crippen LogP contribution in [0.1, 0.15) is 55.8 Å². The highest BCUT2D eigenvalue weighted by Gasteiger charge is 2.21. The Kier molecular flexibility index (Phi) is 5.37. The standard InChI is InChI=1S/C17H23NO3/c1-12(13-4-2-3-5-13)18-15-8-6-14(7-9-15)16(19)10-11-17(20)21/h6-9,12-13,18H,2-5,10-11H2,1H3,(H,20,21). The summed E-state index contributed by atoms with van der Waals surface area (Å²) >= 11 is 0. The Hall–Kier alpha value is -1.84. The van der Waals surface area contributed by atoms with Crippen LogP contribution in [0.5, 0.6) is 0 Å². The zero-order valence-corrected chi connectivity index (χ0v) is 12.5. The van der Waals surface area contributed by atoms with E-state index < -0.39 is 5.97 Å². The van der Waals surface area contributed by atoms with Crippen molar-refractivity contribution in [3.05, 3.63) is 29.8 Å². The number of ketones is 1. The zero-order chi connectivity index (χ0) is 15.2. The van der Waals surface area contributed by atoms with Crippen LogP contribution in [0.2, 0.25) is 0 Å². The molecule has 2 N–H and O–H groups in total. The largest absolute Gasteiger partial charge is 0.481 e. The van der Waals surface area contributed by atoms with Crippen molar-refractivity contribution in [2.75, 3.05) is 5.32 Å². The third kappa shape index (κ3) is 4.59. The van der Waals surface area contributed by atoms with Crippen molar-refractivity contribution in [3.63, 3.8) is 0 Å². The minimum atomic E-state index is -0.938. The molecule has 2 rings (SSSR count). The number of rotatable bonds is 7. The van der Waals surface area contributed by atoms with E-state index in [0.717, 1.165) is 11.6 Å². The quantitative estimate of drug-likeness (QED) is 0.751. The number of nitrogens with one attached hydrogen (secondary N) is 1. The molecular weight excluding hydrogens is 266 g/mol. The maximum Gasteiger partial charge on any atom is 0.303 e. The van der Waals surface area contributed by atoms with Gasteiger partial charge in [0.05, 0.1) is 6.42 Å². The Labute approximate surface area is 125 Å². The summed E-state index contributed by atoms with van der Waals surface area (Å²) in [7, 11) is 0. The predicted molar refractivity (Wildman–Crippen MR) is 82.7 cm³/mol. The summed E-state index contributed by atoms with van der Waals surface area (Å²) in [6.07, 6.45) is 5.18. The van der Waals surface area contributed by atoms with Crippen LogP contribution in [0.4, 0.5) is 5.69 Å². The maximum atomic E-state index is 11.8. The lowest BCUT2D eigenvalue weighted by molar-refractivity contribution is -0.136. The summed E-state index contributed by atoms with van der Waals surface area (Å²) in [4.78, 5) is 22.3. The number of hydrogen-bond donors (Lipinski definition) is 2. The number of carboxylic acids is 1. The summed E-state index contributed by atoms with van der Waals surface area (Å²) in [5, 5.41) is 12.1. The van der Waals surface area contributed by atoms with Gasteiger partial charge in [-0.15, -0.1) is 0 Å². The van der Waals surface area contributed by atoms with Crippen LogP contribution in [0.25, 0.3) is 0 Å². The first-order valence-electron chi connectivity index (χ1n) is 7.68. The third-order valence-electron chi connectivity index (χ3n) is 4.27. The molecular formula is C17H23NO3. The molecule has 0 bridgehead atoms. The molecule has 1 fully saturated rings. The van der Waals surface area contributed by atoms with E-state index >= 15 is 0 Å². The Balaban J connectivity index is 1.89. The Morgan fingerprint density at radius 2 is 1.81 bits per heavy atom. The zero-order valence-electron chi connectivity index (χ0n) is 12.5. The molecule has 1 unspecified atom stereocenters. The third-order valence-corrected chi connectivity index (χ3v) is 4.27. The summed E-state index contributed by atoms with van der Waals surface area (Å²) in [6.45, 7) is 2.21. The molecule has 114 valence electrons. The molecule has 0 amide bonds. The Morgan fingerprint density at radius 3 is 2.38 bits per heavy atom. The summed E-state index contributed by atoms with van der Waals surface area (Å²) in [5.41, 5.74) is 1.60. The van der Waals surface area contributed by atoms with Gasteiger partial charge in [0.2, 0.25) is 0 Å². The molecule has 4 nitrogen and oxygen atoms in total. The number of carbonyl (C=O) groups excluding carboxylic acids is 1. The highest BCUT2D eigenvalue weighted by Crippen LogP contribution is 2.29. The van der Waals surface area contributed by atoms with Gasteiger partial charge in [-0.3, -0.25) is 9.59 Å². The van der Waals surface area contributed by atoms with Gasteiger partial charge in [0.15, 0.2) is 5.78 Å². The molecule has 0 saturated heterocycles. The lowest BCUT2D eigenvalue weighted by Gasteiger charge is -2.21. The van der Waals surface area contributed by atoms with Crippen LogP contribution in [0.3, 0.4) is 0 Å². The van der Waals surface area contributed by atoms with Crippen molar-refractivity contribution < 1.29 is 14.7 Å². The number of carboxylic acid groups (broad SMARTS) is 1. The average Bonchev–Trinajstić information content (AvgIpc) is 3.00. The van der Waals surface area contributed by atoms with E-state index in [9.17, 15) is 9.59 Å². The van der Waals surface area contributed by atoms with Crippen molar-refractivity contribution in [3.8, 4) is 0 Å². The number of aliphatic carboxylic acids is 1. The number of benzene rings is 1. The molecule has 1 saturated carbocycles. The summed E-state index contributed by atoms with van der Waals surface area (Å²) in [6, 6.07) is 7.79. The fraction of sp³-hybridized carbons (Fsp3) is 0.529. The average molecular weight is 289 g/mol. The van der Waals surface area contributed by atoms with Gasteiger partial charge in [-0.2, -0.15) is 0 Å². The number of hydrogen-bond acceptors (Lipinski definition) is 3. The second-order valence-electron chi connectivity index (χ2n) is 5.87. The molecule has 1 aromatic carbocycles. The minimum absolute atomic E-state index is 0.0561. The Morgan fingerprint density at radius 1 is 1.19 bits per heavy atom. The smallest absolute Gasteiger partial charge is 0.303 e. The Bertz CT molecular complexity index is 489. The van der Waals surface area contributed by atoms with Crippen LogP contribution < -0.4 is 5.32 Å². The first-order chi connectivity index (χ1) is 10.1. The molecule has 0 aromatic heterocycles. The van der Waals surface area contributed by atoms with Gasteiger partial charge >= 0.3 is 5.97 Å². The lowest BCUT2D eigenvalue weighted by Crippen LogP contribution is -2.23. The van der Waals surface area contributed by atoms with Crippen molar-refractivity contribution in [1.82, 2.24) is 0 Å². The highest BCUT2D eigenvalue weighted by molar-refractivity contribution is 5.97. The van der Waals surface area contributed by atoms with E-state index in [4.69, 9.17) is 5.11 Å². The van der Waals surface area contributed by atoms with Gasteiger partial charge in [-0.1, -0.05) is 12.8 Å². The topological polar surface area (TPSA) is 66.4 Å². The molecule has 1 aromatic rings. The van der Waals surface area contributed by atoms with Gasteiger partial charge in [-0.05, 0) is 49.9 Å². The second-order valence-corrected chi connectivity index (χ2v) is 5.87. The van der Waals surface area contributed by atoms with E-state index in [-0.39, 0.29) is 18.6 Å². The van der Waals surface area contributed by atoms with Crippen LogP contribution in [-0.2, 0) is 4.79 Å². The van der Waals surface area contributed by atoms with Crippen molar-refractivity contribution in [2.45, 2.75) is 51.5 Å². The normalized spacial score (nSPS) is 16.6. The molecule has 0 heterocycles. The van der Waals surface area contributed by atoms with E-state index in [2.05, 4.69) is 12.2 Å². The van der Waals surface area contributed by atoms with E-state index in [1.165, 1.54) is 25.7 Å². The van der Waals surface area contributed by atoms with Gasteiger partial charge in [0.25, 0.3) is 0 Å². The van der Waals surface area contributed by atoms with Crippen LogP contribution in [0.15, 0.2) is 24.3 Å². The van der Waals surface area contributed by atoms with E-state index in [1.54, 1.807) is 12.1 Å². The molecule has 1 atom stereocenters. The van der Waals surface area contributed by atoms with E-state index in [0.29, 0.717) is 11.6 Å². The van der Waals surface area contributed by atoms with Gasteiger partial charge in [-0.25, -0.2) is 0 Å². The monoisotopic (exact) mass is 289 g/mol. The molecule has 0 radical (unpaired) electrons. The first kappa shape index (κ1) is 15.5. The fourth-order valence-corrected chi connectivity index (χ4v) is 2.96. The first-order valence-corrected chi connectivity index (χ1v) is 7.68. The molecule has 0 spiro atoms. The molecule has 1 aliphatic rings. The van der Waals surface area contributed by atoms with Crippen LogP contribution in [-0.4, -0.2) is 22.9 Å². The molecule has 0 aliphatic heterocycles. The lowest BCUT2D eigenvalue weighted by atomic mass is 9.99. The number of carbonyl (C=O) groups is 2. The molecule has 4 heteroatoms. The van der Waals surface area contributed by atoms with Gasteiger partial charge in [0.1, 0.15) is 0 Å². The summed E-state index contributed by atoms with van der Waals surface area (Å²) in [5.74, 6) is -0.318. The van der Waals surface area contributed by atoms with Crippen LogP contribution >= 0.6 is 0 Å². The maximum absolute atomic E-state index is 11.8. The van der Waals surface area contributed by atoms with Crippen molar-refractivity contribution >= 4 is 17.4 Å². The molecule has 21 heavy (non-hydrogen) atoms. The fourth-order valence-electron chi connectivity index (χ4n) is 2.96. The van der Waals surface area contributed by atoms with E-state index in [1.807, 2.05) is 12.1 Å². The minimum Gasteiger partial charge on any atom is -0.481 e. The number of anilines is 1. The van der Waals surface area contributed by atoms with Crippen molar-refractivity contribution in [1.29, 1.82) is 0 Å². The predicted octanol–water partition coefficient (Wildman–Crippen LogP) is 3.72. The molecule has 1 aliphatic carbocycles. The summed E-state index contributed by atoms with van der Waals surface area (Å²) < 4.78 is 0. The van der Waals surface area contributed by atoms with Gasteiger partial charge < -0.3 is 10.4 Å². The van der Waals surface area contributed by atoms with Crippen LogP contribution in [0, 0.1) is 5.92 Å². The van der Waals surface area contributed by atoms with Crippen molar-refractivity contribution in [2.24, 2.45) is 5.92 Å². The number of Topliss-reactive ketones (excluding diaryl/α,β-unsaturated/α-hetero) is 1. The highest BCUT2D eigenvalue weighted by atomic mass is 16.4.